The zero-order chi connectivity index (χ0) is 14.8. The van der Waals surface area contributed by atoms with E-state index in [0.29, 0.717) is 19.6 Å². The van der Waals surface area contributed by atoms with Gasteiger partial charge in [0.25, 0.3) is 0 Å². The maximum atomic E-state index is 11.0. The number of ether oxygens (including phenoxy) is 2. The largest absolute Gasteiger partial charge is 0.494 e. The summed E-state index contributed by atoms with van der Waals surface area (Å²) in [5, 5.41) is 3.26. The van der Waals surface area contributed by atoms with Crippen LogP contribution in [-0.4, -0.2) is 47.3 Å². The zero-order valence-corrected chi connectivity index (χ0v) is 12.9. The van der Waals surface area contributed by atoms with E-state index in [1.54, 1.807) is 7.11 Å². The Morgan fingerprint density at radius 1 is 1.15 bits per heavy atom. The van der Waals surface area contributed by atoms with Crippen molar-refractivity contribution in [2.45, 2.75) is 13.0 Å². The molecule has 0 spiro atoms. The fourth-order valence-corrected chi connectivity index (χ4v) is 2.26. The Hall–Kier alpha value is -1.11. The summed E-state index contributed by atoms with van der Waals surface area (Å²) in [6, 6.07) is 7.78. The molecule has 5 nitrogen and oxygen atoms in total. The minimum absolute atomic E-state index is 0.161. The van der Waals surface area contributed by atoms with E-state index in [4.69, 9.17) is 9.47 Å². The predicted molar refractivity (Wildman–Crippen MR) is 79.8 cm³/mol. The van der Waals surface area contributed by atoms with Gasteiger partial charge >= 0.3 is 0 Å². The number of sulfone groups is 1. The van der Waals surface area contributed by atoms with Crippen LogP contribution in [0.15, 0.2) is 24.3 Å². The van der Waals surface area contributed by atoms with Crippen LogP contribution in [0.1, 0.15) is 12.0 Å². The summed E-state index contributed by atoms with van der Waals surface area (Å²) in [6.45, 7) is 2.72. The molecule has 0 fully saturated rings. The molecular weight excluding hydrogens is 278 g/mol. The molecule has 1 rings (SSSR count). The lowest BCUT2D eigenvalue weighted by Gasteiger charge is -2.08. The SMILES string of the molecule is COCCNCc1ccc(OCCCS(C)(=O)=O)cc1. The van der Waals surface area contributed by atoms with E-state index in [1.165, 1.54) is 11.8 Å². The van der Waals surface area contributed by atoms with E-state index in [1.807, 2.05) is 24.3 Å². The van der Waals surface area contributed by atoms with Gasteiger partial charge in [0.15, 0.2) is 0 Å². The van der Waals surface area contributed by atoms with Gasteiger partial charge in [0.2, 0.25) is 0 Å². The third-order valence-electron chi connectivity index (χ3n) is 2.66. The predicted octanol–water partition coefficient (Wildman–Crippen LogP) is 1.24. The molecule has 1 aromatic carbocycles. The Kier molecular flexibility index (Phi) is 7.58. The van der Waals surface area contributed by atoms with Gasteiger partial charge in [-0.15, -0.1) is 0 Å². The normalized spacial score (nSPS) is 11.5. The Bertz CT molecular complexity index is 470. The van der Waals surface area contributed by atoms with Crippen LogP contribution in [0.25, 0.3) is 0 Å². The third kappa shape index (κ3) is 8.14. The van der Waals surface area contributed by atoms with E-state index >= 15 is 0 Å². The molecule has 0 aliphatic rings. The zero-order valence-electron chi connectivity index (χ0n) is 12.1. The number of benzene rings is 1. The Morgan fingerprint density at radius 3 is 2.45 bits per heavy atom. The van der Waals surface area contributed by atoms with Crippen molar-refractivity contribution in [3.05, 3.63) is 29.8 Å². The molecule has 0 heterocycles. The first kappa shape index (κ1) is 16.9. The Morgan fingerprint density at radius 2 is 1.85 bits per heavy atom. The van der Waals surface area contributed by atoms with Crippen molar-refractivity contribution in [2.24, 2.45) is 0 Å². The van der Waals surface area contributed by atoms with Crippen LogP contribution in [0.4, 0.5) is 0 Å². The summed E-state index contributed by atoms with van der Waals surface area (Å²) in [4.78, 5) is 0. The number of nitrogens with one attached hydrogen (secondary N) is 1. The maximum absolute atomic E-state index is 11.0. The topological polar surface area (TPSA) is 64.6 Å². The lowest BCUT2D eigenvalue weighted by atomic mass is 10.2. The fourth-order valence-electron chi connectivity index (χ4n) is 1.62. The minimum Gasteiger partial charge on any atom is -0.494 e. The average Bonchev–Trinajstić information content (AvgIpc) is 2.40. The van der Waals surface area contributed by atoms with E-state index < -0.39 is 9.84 Å². The highest BCUT2D eigenvalue weighted by molar-refractivity contribution is 7.90. The van der Waals surface area contributed by atoms with Gasteiger partial charge in [-0.25, -0.2) is 8.42 Å². The van der Waals surface area contributed by atoms with Crippen LogP contribution >= 0.6 is 0 Å². The third-order valence-corrected chi connectivity index (χ3v) is 3.69. The highest BCUT2D eigenvalue weighted by Gasteiger charge is 2.02. The summed E-state index contributed by atoms with van der Waals surface area (Å²) in [5.41, 5.74) is 1.17. The van der Waals surface area contributed by atoms with Gasteiger partial charge < -0.3 is 14.8 Å². The second-order valence-electron chi connectivity index (χ2n) is 4.65. The summed E-state index contributed by atoms with van der Waals surface area (Å²) in [7, 11) is -1.22. The van der Waals surface area contributed by atoms with Gasteiger partial charge in [0.1, 0.15) is 15.6 Å². The van der Waals surface area contributed by atoms with Gasteiger partial charge in [-0.3, -0.25) is 0 Å². The standard InChI is InChI=1S/C14H23NO4S/c1-18-10-8-15-12-13-4-6-14(7-5-13)19-9-3-11-20(2,16)17/h4-7,15H,3,8-12H2,1-2H3. The molecule has 6 heteroatoms. The van der Waals surface area contributed by atoms with Gasteiger partial charge in [-0.2, -0.15) is 0 Å². The molecule has 20 heavy (non-hydrogen) atoms. The first-order valence-electron chi connectivity index (χ1n) is 6.60. The van der Waals surface area contributed by atoms with Crippen molar-refractivity contribution in [1.29, 1.82) is 0 Å². The van der Waals surface area contributed by atoms with Gasteiger partial charge in [0.05, 0.1) is 19.0 Å². The molecule has 0 saturated carbocycles. The molecule has 0 amide bonds. The molecule has 0 atom stereocenters. The van der Waals surface area contributed by atoms with Crippen LogP contribution in [0.5, 0.6) is 5.75 Å². The van der Waals surface area contributed by atoms with Gasteiger partial charge in [-0.05, 0) is 24.1 Å². The smallest absolute Gasteiger partial charge is 0.147 e. The molecular formula is C14H23NO4S. The van der Waals surface area contributed by atoms with Crippen molar-refractivity contribution in [3.63, 3.8) is 0 Å². The van der Waals surface area contributed by atoms with Crippen LogP contribution in [-0.2, 0) is 21.1 Å². The molecule has 0 unspecified atom stereocenters. The molecule has 1 aromatic rings. The molecule has 1 N–H and O–H groups in total. The van der Waals surface area contributed by atoms with Crippen LogP contribution in [0, 0.1) is 0 Å². The molecule has 0 radical (unpaired) electrons. The Balaban J connectivity index is 2.24. The van der Waals surface area contributed by atoms with Crippen LogP contribution < -0.4 is 10.1 Å². The maximum Gasteiger partial charge on any atom is 0.147 e. The fraction of sp³-hybridized carbons (Fsp3) is 0.571. The molecule has 0 aliphatic heterocycles. The second kappa shape index (κ2) is 8.94. The van der Waals surface area contributed by atoms with E-state index in [-0.39, 0.29) is 5.75 Å². The van der Waals surface area contributed by atoms with Crippen molar-refractivity contribution in [3.8, 4) is 5.75 Å². The molecule has 0 bridgehead atoms. The van der Waals surface area contributed by atoms with Gasteiger partial charge in [-0.1, -0.05) is 12.1 Å². The van der Waals surface area contributed by atoms with Crippen molar-refractivity contribution in [2.75, 3.05) is 38.9 Å². The number of hydrogen-bond donors (Lipinski definition) is 1. The lowest BCUT2D eigenvalue weighted by Crippen LogP contribution is -2.18. The van der Waals surface area contributed by atoms with E-state index in [2.05, 4.69) is 5.32 Å². The minimum atomic E-state index is -2.90. The van der Waals surface area contributed by atoms with E-state index in [0.717, 1.165) is 18.8 Å². The quantitative estimate of drug-likeness (QED) is 0.659. The Labute approximate surface area is 121 Å². The summed E-state index contributed by atoms with van der Waals surface area (Å²) in [6.07, 6.45) is 1.75. The molecule has 0 aliphatic carbocycles. The summed E-state index contributed by atoms with van der Waals surface area (Å²) in [5.74, 6) is 0.924. The first-order chi connectivity index (χ1) is 9.51. The van der Waals surface area contributed by atoms with Gasteiger partial charge in [0, 0.05) is 26.5 Å². The number of methoxy groups -OCH3 is 1. The highest BCUT2D eigenvalue weighted by Crippen LogP contribution is 2.12. The van der Waals surface area contributed by atoms with Crippen molar-refractivity contribution >= 4 is 9.84 Å². The van der Waals surface area contributed by atoms with Crippen LogP contribution in [0.2, 0.25) is 0 Å². The number of hydrogen-bond acceptors (Lipinski definition) is 5. The molecule has 114 valence electrons. The van der Waals surface area contributed by atoms with E-state index in [9.17, 15) is 8.42 Å². The molecule has 0 saturated heterocycles. The van der Waals surface area contributed by atoms with Crippen molar-refractivity contribution < 1.29 is 17.9 Å². The summed E-state index contributed by atoms with van der Waals surface area (Å²) < 4.78 is 32.4. The second-order valence-corrected chi connectivity index (χ2v) is 6.91. The average molecular weight is 301 g/mol. The van der Waals surface area contributed by atoms with Crippen molar-refractivity contribution in [1.82, 2.24) is 5.32 Å². The van der Waals surface area contributed by atoms with Crippen LogP contribution in [0.3, 0.4) is 0 Å². The highest BCUT2D eigenvalue weighted by atomic mass is 32.2. The monoisotopic (exact) mass is 301 g/mol. The lowest BCUT2D eigenvalue weighted by molar-refractivity contribution is 0.199. The number of rotatable bonds is 10. The first-order valence-corrected chi connectivity index (χ1v) is 8.66. The molecule has 0 aromatic heterocycles. The summed E-state index contributed by atoms with van der Waals surface area (Å²) >= 11 is 0.